The average Bonchev–Trinajstić information content (AvgIpc) is 2.65. The van der Waals surface area contributed by atoms with Gasteiger partial charge in [-0.1, -0.05) is 23.2 Å². The van der Waals surface area contributed by atoms with Crippen molar-refractivity contribution in [2.24, 2.45) is 10.9 Å². The average molecular weight is 423 g/mol. The van der Waals surface area contributed by atoms with Gasteiger partial charge in [-0.2, -0.15) is 0 Å². The van der Waals surface area contributed by atoms with Gasteiger partial charge in [0.2, 0.25) is 11.8 Å². The number of nitrogens with one attached hydrogen (secondary N) is 1. The number of carbonyl (C=O) groups is 2. The molecule has 28 heavy (non-hydrogen) atoms. The molecule has 1 N–H and O–H groups in total. The molecule has 0 saturated heterocycles. The van der Waals surface area contributed by atoms with Gasteiger partial charge in [-0.15, -0.1) is 0 Å². The molecule has 0 spiro atoms. The Hall–Kier alpha value is -2.38. The highest BCUT2D eigenvalue weighted by molar-refractivity contribution is 6.43. The van der Waals surface area contributed by atoms with E-state index >= 15 is 0 Å². The molecular weight excluding hydrogens is 406 g/mol. The highest BCUT2D eigenvalue weighted by atomic mass is 35.5. The fraction of sp³-hybridized carbons (Fsp3) is 0.316. The van der Waals surface area contributed by atoms with E-state index in [1.54, 1.807) is 0 Å². The number of carbonyl (C=O) groups excluding carboxylic acids is 2. The number of hydrogen-bond donors (Lipinski definition) is 1. The second-order valence-corrected chi connectivity index (χ2v) is 7.23. The van der Waals surface area contributed by atoms with Crippen molar-refractivity contribution in [1.29, 1.82) is 0 Å². The monoisotopic (exact) mass is 422 g/mol. The Bertz CT molecular complexity index is 965. The van der Waals surface area contributed by atoms with E-state index < -0.39 is 5.82 Å². The normalized spacial score (nSPS) is 18.1. The Labute approximate surface area is 171 Å². The van der Waals surface area contributed by atoms with Gasteiger partial charge in [-0.05, 0) is 37.8 Å². The third-order valence-electron chi connectivity index (χ3n) is 4.43. The first-order chi connectivity index (χ1) is 13.3. The first-order valence-corrected chi connectivity index (χ1v) is 9.44. The number of amides is 2. The van der Waals surface area contributed by atoms with Crippen LogP contribution in [-0.4, -0.2) is 27.5 Å². The number of anilines is 1. The van der Waals surface area contributed by atoms with Gasteiger partial charge in [0.1, 0.15) is 16.8 Å². The van der Waals surface area contributed by atoms with Gasteiger partial charge in [0, 0.05) is 35.9 Å². The van der Waals surface area contributed by atoms with Crippen molar-refractivity contribution >= 4 is 46.5 Å². The molecule has 0 unspecified atom stereocenters. The van der Waals surface area contributed by atoms with Crippen molar-refractivity contribution in [2.45, 2.75) is 32.6 Å². The summed E-state index contributed by atoms with van der Waals surface area (Å²) in [6.45, 7) is 1.39. The van der Waals surface area contributed by atoms with Gasteiger partial charge < -0.3 is 5.32 Å². The lowest BCUT2D eigenvalue weighted by atomic mass is 9.87. The van der Waals surface area contributed by atoms with Crippen LogP contribution >= 0.6 is 23.2 Å². The topological polar surface area (TPSA) is 84.3 Å². The molecule has 2 aromatic heterocycles. The van der Waals surface area contributed by atoms with E-state index in [9.17, 15) is 14.0 Å². The number of pyridine rings is 2. The predicted molar refractivity (Wildman–Crippen MR) is 106 cm³/mol. The molecule has 1 fully saturated rings. The van der Waals surface area contributed by atoms with Gasteiger partial charge in [-0.3, -0.25) is 9.59 Å². The van der Waals surface area contributed by atoms with Crippen LogP contribution in [-0.2, 0) is 9.59 Å². The van der Waals surface area contributed by atoms with E-state index in [-0.39, 0.29) is 39.3 Å². The molecule has 0 aliphatic heterocycles. The molecule has 0 aromatic carbocycles. The minimum absolute atomic E-state index is 0.0560. The first kappa shape index (κ1) is 20.4. The molecule has 1 aliphatic rings. The summed E-state index contributed by atoms with van der Waals surface area (Å²) in [5, 5.41) is 2.88. The lowest BCUT2D eigenvalue weighted by Crippen LogP contribution is -2.28. The highest BCUT2D eigenvalue weighted by Crippen LogP contribution is 2.34. The van der Waals surface area contributed by atoms with Crippen molar-refractivity contribution in [3.05, 3.63) is 40.5 Å². The van der Waals surface area contributed by atoms with Crippen LogP contribution in [0.5, 0.6) is 0 Å². The number of aliphatic imine (C=N–C) groups is 1. The maximum atomic E-state index is 14.3. The molecule has 2 heterocycles. The summed E-state index contributed by atoms with van der Waals surface area (Å²) in [6.07, 6.45) is 5.02. The van der Waals surface area contributed by atoms with E-state index in [1.165, 1.54) is 25.3 Å². The zero-order valence-corrected chi connectivity index (χ0v) is 16.5. The van der Waals surface area contributed by atoms with Crippen LogP contribution in [0.4, 0.5) is 10.2 Å². The van der Waals surface area contributed by atoms with Crippen LogP contribution in [0.2, 0.25) is 10.2 Å². The van der Waals surface area contributed by atoms with E-state index in [2.05, 4.69) is 20.3 Å². The van der Waals surface area contributed by atoms with Crippen LogP contribution in [0.1, 0.15) is 32.6 Å². The maximum Gasteiger partial charge on any atom is 0.242 e. The van der Waals surface area contributed by atoms with Crippen molar-refractivity contribution in [3.63, 3.8) is 0 Å². The highest BCUT2D eigenvalue weighted by Gasteiger charge is 2.25. The zero-order valence-electron chi connectivity index (χ0n) is 15.0. The van der Waals surface area contributed by atoms with Crippen LogP contribution < -0.4 is 5.32 Å². The van der Waals surface area contributed by atoms with Crippen molar-refractivity contribution < 1.29 is 14.0 Å². The Morgan fingerprint density at radius 2 is 2.07 bits per heavy atom. The summed E-state index contributed by atoms with van der Waals surface area (Å²) in [4.78, 5) is 35.5. The summed E-state index contributed by atoms with van der Waals surface area (Å²) >= 11 is 12.0. The molecule has 0 bridgehead atoms. The molecule has 0 radical (unpaired) electrons. The third kappa shape index (κ3) is 4.72. The second-order valence-electron chi connectivity index (χ2n) is 6.49. The molecule has 3 rings (SSSR count). The van der Waals surface area contributed by atoms with Crippen LogP contribution in [0.25, 0.3) is 11.1 Å². The van der Waals surface area contributed by atoms with Crippen LogP contribution in [0.15, 0.2) is 29.5 Å². The van der Waals surface area contributed by atoms with Crippen LogP contribution in [0, 0.1) is 11.7 Å². The molecule has 1 aliphatic carbocycles. The quantitative estimate of drug-likeness (QED) is 0.725. The van der Waals surface area contributed by atoms with Crippen LogP contribution in [0.3, 0.4) is 0 Å². The second kappa shape index (κ2) is 8.75. The van der Waals surface area contributed by atoms with E-state index in [0.717, 1.165) is 18.3 Å². The largest absolute Gasteiger partial charge is 0.310 e. The lowest BCUT2D eigenvalue weighted by Gasteiger charge is -2.22. The smallest absolute Gasteiger partial charge is 0.242 e. The molecule has 6 nitrogen and oxygen atoms in total. The van der Waals surface area contributed by atoms with Crippen molar-refractivity contribution in [1.82, 2.24) is 9.97 Å². The summed E-state index contributed by atoms with van der Waals surface area (Å²) < 4.78 is 14.3. The zero-order chi connectivity index (χ0) is 20.3. The Morgan fingerprint density at radius 1 is 1.29 bits per heavy atom. The number of nitrogens with zero attached hydrogens (tertiary/aromatic N) is 3. The summed E-state index contributed by atoms with van der Waals surface area (Å²) in [5.74, 6) is -1.24. The Morgan fingerprint density at radius 3 is 2.82 bits per heavy atom. The van der Waals surface area contributed by atoms with Gasteiger partial charge >= 0.3 is 0 Å². The standard InChI is InChI=1S/C19H17Cl2FN4O2/c1-10(27)25-12-4-2-3-11(7-12)19(28)26-16-8-14(15(22)9-24-16)13-5-6-23-18(21)17(13)20/h5-6,8-9,11H,2-4,7H2,1H3,(H,24,26,28)/t11-/m0/s1. The fourth-order valence-corrected chi connectivity index (χ4v) is 3.53. The predicted octanol–water partition coefficient (Wildman–Crippen LogP) is 4.71. The van der Waals surface area contributed by atoms with Gasteiger partial charge in [-0.25, -0.2) is 19.4 Å². The van der Waals surface area contributed by atoms with E-state index in [1.807, 2.05) is 0 Å². The minimum atomic E-state index is -0.601. The van der Waals surface area contributed by atoms with E-state index in [4.69, 9.17) is 23.2 Å². The third-order valence-corrected chi connectivity index (χ3v) is 5.20. The Balaban J connectivity index is 1.81. The molecule has 1 atom stereocenters. The molecule has 2 aromatic rings. The lowest BCUT2D eigenvalue weighted by molar-refractivity contribution is -0.120. The molecule has 9 heteroatoms. The minimum Gasteiger partial charge on any atom is -0.310 e. The number of rotatable bonds is 3. The van der Waals surface area contributed by atoms with Gasteiger partial charge in [0.15, 0.2) is 0 Å². The van der Waals surface area contributed by atoms with E-state index in [0.29, 0.717) is 24.8 Å². The number of hydrogen-bond acceptors (Lipinski definition) is 4. The summed E-state index contributed by atoms with van der Waals surface area (Å²) in [7, 11) is 0. The van der Waals surface area contributed by atoms with Gasteiger partial charge in [0.25, 0.3) is 0 Å². The SMILES string of the molecule is CC(=O)N=C1CCC[C@H](C(=O)Nc2cc(-c3ccnc(Cl)c3Cl)c(F)cn2)C1. The summed E-state index contributed by atoms with van der Waals surface area (Å²) in [5.41, 5.74) is 1.23. The molecule has 146 valence electrons. The Kier molecular flexibility index (Phi) is 6.36. The summed E-state index contributed by atoms with van der Waals surface area (Å²) in [6, 6.07) is 2.93. The maximum absolute atomic E-state index is 14.3. The fourth-order valence-electron chi connectivity index (χ4n) is 3.16. The first-order valence-electron chi connectivity index (χ1n) is 8.69. The molecular formula is C19H17Cl2FN4O2. The van der Waals surface area contributed by atoms with Crippen molar-refractivity contribution in [2.75, 3.05) is 5.32 Å². The number of aromatic nitrogens is 2. The molecule has 2 amide bonds. The van der Waals surface area contributed by atoms with Crippen molar-refractivity contribution in [3.8, 4) is 11.1 Å². The number of halogens is 3. The van der Waals surface area contributed by atoms with Gasteiger partial charge in [0.05, 0.1) is 11.2 Å². The molecule has 1 saturated carbocycles.